The van der Waals surface area contributed by atoms with Crippen LogP contribution in [0.2, 0.25) is 5.15 Å². The number of amides is 2. The Labute approximate surface area is 231 Å². The van der Waals surface area contributed by atoms with Crippen molar-refractivity contribution in [1.29, 1.82) is 0 Å². The van der Waals surface area contributed by atoms with E-state index in [1.165, 1.54) is 30.1 Å². The first-order valence-electron chi connectivity index (χ1n) is 13.1. The average molecular weight is 567 g/mol. The first kappa shape index (κ1) is 29.1. The Morgan fingerprint density at radius 2 is 1.69 bits per heavy atom. The maximum atomic E-state index is 13.9. The van der Waals surface area contributed by atoms with Crippen LogP contribution >= 0.6 is 11.6 Å². The fourth-order valence-corrected chi connectivity index (χ4v) is 5.68. The number of carbonyl (C=O) groups excluding carboxylic acids is 2. The summed E-state index contributed by atoms with van der Waals surface area (Å²) in [4.78, 5) is 34.1. The molecule has 3 atom stereocenters. The van der Waals surface area contributed by atoms with Crippen LogP contribution in [0.5, 0.6) is 0 Å². The molecule has 1 aromatic heterocycles. The van der Waals surface area contributed by atoms with Gasteiger partial charge < -0.3 is 19.8 Å². The normalized spacial score (nSPS) is 21.3. The van der Waals surface area contributed by atoms with Crippen molar-refractivity contribution >= 4 is 29.2 Å². The number of pyridine rings is 1. The predicted octanol–water partition coefficient (Wildman–Crippen LogP) is 4.59. The molecule has 11 heteroatoms. The van der Waals surface area contributed by atoms with Gasteiger partial charge in [0.15, 0.2) is 0 Å². The number of rotatable bonds is 8. The van der Waals surface area contributed by atoms with Crippen molar-refractivity contribution in [2.45, 2.75) is 37.5 Å². The molecule has 0 unspecified atom stereocenters. The lowest BCUT2D eigenvalue weighted by molar-refractivity contribution is -0.261. The SMILES string of the molecule is CN(C)C(=O)c1ccc(N2CCC(C[C@@H]3C[C@H]3CN(C)C(=O)[C@](O)(c3ccccc3)C(F)(F)F)CC2)nc1Cl. The lowest BCUT2D eigenvalue weighted by Crippen LogP contribution is -2.55. The number of alkyl halides is 3. The average Bonchev–Trinajstić information content (AvgIpc) is 3.63. The molecule has 1 aromatic carbocycles. The summed E-state index contributed by atoms with van der Waals surface area (Å²) in [5.41, 5.74) is -3.70. The molecule has 2 aliphatic rings. The van der Waals surface area contributed by atoms with Crippen LogP contribution in [-0.2, 0) is 10.4 Å². The molecule has 2 aromatic rings. The summed E-state index contributed by atoms with van der Waals surface area (Å²) in [7, 11) is 4.64. The zero-order valence-corrected chi connectivity index (χ0v) is 23.0. The highest BCUT2D eigenvalue weighted by Crippen LogP contribution is 2.46. The first-order valence-corrected chi connectivity index (χ1v) is 13.4. The number of halogens is 4. The number of anilines is 1. The molecular formula is C28H34ClF3N4O3. The molecule has 2 amide bonds. The van der Waals surface area contributed by atoms with Crippen LogP contribution in [0, 0.1) is 17.8 Å². The summed E-state index contributed by atoms with van der Waals surface area (Å²) in [6.45, 7) is 1.76. The van der Waals surface area contributed by atoms with Gasteiger partial charge in [-0.05, 0) is 55.6 Å². The van der Waals surface area contributed by atoms with Gasteiger partial charge in [0.25, 0.3) is 17.4 Å². The van der Waals surface area contributed by atoms with E-state index in [2.05, 4.69) is 9.88 Å². The number of nitrogens with zero attached hydrogens (tertiary/aromatic N) is 4. The van der Waals surface area contributed by atoms with Gasteiger partial charge in [0.1, 0.15) is 11.0 Å². The van der Waals surface area contributed by atoms with E-state index in [1.54, 1.807) is 20.2 Å². The molecule has 0 spiro atoms. The Kier molecular flexibility index (Phi) is 8.47. The largest absolute Gasteiger partial charge is 0.430 e. The Morgan fingerprint density at radius 3 is 2.26 bits per heavy atom. The molecule has 1 aliphatic carbocycles. The minimum atomic E-state index is -5.14. The van der Waals surface area contributed by atoms with E-state index in [0.717, 1.165) is 61.6 Å². The number of likely N-dealkylation sites (N-methyl/N-ethyl adjacent to an activating group) is 1. The number of hydrogen-bond acceptors (Lipinski definition) is 5. The molecular weight excluding hydrogens is 533 g/mol. The molecule has 1 saturated carbocycles. The molecule has 0 radical (unpaired) electrons. The number of hydrogen-bond donors (Lipinski definition) is 1. The van der Waals surface area contributed by atoms with Crippen LogP contribution in [0.15, 0.2) is 42.5 Å². The third-order valence-corrected chi connectivity index (χ3v) is 8.17. The molecule has 1 saturated heterocycles. The lowest BCUT2D eigenvalue weighted by atomic mass is 9.90. The fourth-order valence-electron chi connectivity index (χ4n) is 5.45. The van der Waals surface area contributed by atoms with Gasteiger partial charge in [0.2, 0.25) is 0 Å². The number of benzene rings is 1. The first-order chi connectivity index (χ1) is 18.3. The second-order valence-corrected chi connectivity index (χ2v) is 11.2. The molecule has 2 heterocycles. The molecule has 2 fully saturated rings. The van der Waals surface area contributed by atoms with Crippen molar-refractivity contribution in [3.63, 3.8) is 0 Å². The lowest BCUT2D eigenvalue weighted by Gasteiger charge is -2.34. The van der Waals surface area contributed by atoms with Crippen LogP contribution in [-0.4, -0.2) is 78.7 Å². The van der Waals surface area contributed by atoms with Gasteiger partial charge in [-0.3, -0.25) is 9.59 Å². The van der Waals surface area contributed by atoms with E-state index < -0.39 is 23.2 Å². The van der Waals surface area contributed by atoms with E-state index in [0.29, 0.717) is 17.4 Å². The highest BCUT2D eigenvalue weighted by atomic mass is 35.5. The molecule has 1 N–H and O–H groups in total. The van der Waals surface area contributed by atoms with Crippen LogP contribution < -0.4 is 4.90 Å². The molecule has 0 bridgehead atoms. The molecule has 7 nitrogen and oxygen atoms in total. The van der Waals surface area contributed by atoms with Crippen molar-refractivity contribution < 1.29 is 27.9 Å². The van der Waals surface area contributed by atoms with Crippen molar-refractivity contribution in [1.82, 2.24) is 14.8 Å². The Bertz CT molecular complexity index is 1190. The Morgan fingerprint density at radius 1 is 1.05 bits per heavy atom. The number of carbonyl (C=O) groups is 2. The van der Waals surface area contributed by atoms with Gasteiger partial charge in [0.05, 0.1) is 5.56 Å². The van der Waals surface area contributed by atoms with Gasteiger partial charge in [-0.25, -0.2) is 4.98 Å². The summed E-state index contributed by atoms with van der Waals surface area (Å²) in [6.07, 6.45) is -1.45. The number of aromatic nitrogens is 1. The van der Waals surface area contributed by atoms with Crippen molar-refractivity contribution in [3.8, 4) is 0 Å². The summed E-state index contributed by atoms with van der Waals surface area (Å²) < 4.78 is 41.6. The second kappa shape index (κ2) is 11.3. The van der Waals surface area contributed by atoms with Gasteiger partial charge in [-0.15, -0.1) is 0 Å². The monoisotopic (exact) mass is 566 g/mol. The van der Waals surface area contributed by atoms with E-state index in [-0.39, 0.29) is 23.5 Å². The van der Waals surface area contributed by atoms with E-state index in [1.807, 2.05) is 6.07 Å². The second-order valence-electron chi connectivity index (χ2n) is 10.9. The third kappa shape index (κ3) is 6.17. The minimum Gasteiger partial charge on any atom is -0.369 e. The number of aliphatic hydroxyl groups is 1. The zero-order chi connectivity index (χ0) is 28.5. The molecule has 212 valence electrons. The summed E-state index contributed by atoms with van der Waals surface area (Å²) in [5.74, 6) is 0.105. The summed E-state index contributed by atoms with van der Waals surface area (Å²) in [6, 6.07) is 10.0. The minimum absolute atomic E-state index is 0.118. The van der Waals surface area contributed by atoms with Gasteiger partial charge in [0, 0.05) is 46.3 Å². The number of piperidine rings is 1. The zero-order valence-electron chi connectivity index (χ0n) is 22.3. The quantitative estimate of drug-likeness (QED) is 0.473. The van der Waals surface area contributed by atoms with Crippen LogP contribution in [0.1, 0.15) is 41.6 Å². The van der Waals surface area contributed by atoms with Crippen molar-refractivity contribution in [2.75, 3.05) is 45.7 Å². The maximum Gasteiger partial charge on any atom is 0.430 e. The van der Waals surface area contributed by atoms with Crippen molar-refractivity contribution in [3.05, 3.63) is 58.7 Å². The third-order valence-electron chi connectivity index (χ3n) is 7.88. The van der Waals surface area contributed by atoms with E-state index >= 15 is 0 Å². The predicted molar refractivity (Wildman–Crippen MR) is 142 cm³/mol. The van der Waals surface area contributed by atoms with Crippen LogP contribution in [0.25, 0.3) is 0 Å². The Hall–Kier alpha value is -2.85. The van der Waals surface area contributed by atoms with Crippen molar-refractivity contribution in [2.24, 2.45) is 17.8 Å². The standard InChI is InChI=1S/C28H34ClF3N4O3/c1-34(2)25(37)22-9-10-23(33-24(22)29)36-13-11-18(12-14-36)15-19-16-20(19)17-35(3)26(38)27(39,28(30,31)32)21-7-5-4-6-8-21/h4-10,18-20,39H,11-17H2,1-3H3/t19-,20+,27-/m1/s1. The Balaban J connectivity index is 1.28. The van der Waals surface area contributed by atoms with Gasteiger partial charge in [-0.2, -0.15) is 13.2 Å². The highest BCUT2D eigenvalue weighted by Gasteiger charge is 2.62. The molecule has 39 heavy (non-hydrogen) atoms. The van der Waals surface area contributed by atoms with Gasteiger partial charge >= 0.3 is 6.18 Å². The molecule has 4 rings (SSSR count). The topological polar surface area (TPSA) is 77.0 Å². The van der Waals surface area contributed by atoms with Gasteiger partial charge in [-0.1, -0.05) is 41.9 Å². The van der Waals surface area contributed by atoms with E-state index in [4.69, 9.17) is 11.6 Å². The summed E-state index contributed by atoms with van der Waals surface area (Å²) in [5, 5.41) is 10.7. The van der Waals surface area contributed by atoms with Crippen LogP contribution in [0.4, 0.5) is 19.0 Å². The maximum absolute atomic E-state index is 13.9. The fraction of sp³-hybridized carbons (Fsp3) is 0.536. The van der Waals surface area contributed by atoms with E-state index in [9.17, 15) is 27.9 Å². The smallest absolute Gasteiger partial charge is 0.369 e. The van der Waals surface area contributed by atoms with Crippen LogP contribution in [0.3, 0.4) is 0 Å². The summed E-state index contributed by atoms with van der Waals surface area (Å²) >= 11 is 6.27. The molecule has 1 aliphatic heterocycles. The highest BCUT2D eigenvalue weighted by molar-refractivity contribution is 6.32.